The molecule has 2 aromatic rings. The summed E-state index contributed by atoms with van der Waals surface area (Å²) in [7, 11) is 1.47. The van der Waals surface area contributed by atoms with E-state index in [9.17, 15) is 19.2 Å². The zero-order valence-electron chi connectivity index (χ0n) is 21.5. The number of hydrogen-bond acceptors (Lipinski definition) is 7. The lowest BCUT2D eigenvalue weighted by molar-refractivity contribution is -0.136. The number of nitrogens with zero attached hydrogens (tertiary/aromatic N) is 2. The first-order chi connectivity index (χ1) is 18.4. The van der Waals surface area contributed by atoms with Gasteiger partial charge in [0.25, 0.3) is 17.1 Å². The number of nitrogens with one attached hydrogen (secondary N) is 1. The molecule has 0 saturated carbocycles. The average molecular weight is 538 g/mol. The predicted octanol–water partition coefficient (Wildman–Crippen LogP) is 4.32. The lowest BCUT2D eigenvalue weighted by atomic mass is 10.1. The maximum absolute atomic E-state index is 12.9. The molecule has 0 spiro atoms. The standard InChI is InChI=1S/C28H31N3O6S/c1-3-19-7-10-21(11-8-19)29-25(32)18-37-22-12-9-20(15-23(22)36-2)16-24-27(34)31(28(35)38-24)17-26(33)30-13-5-4-6-14-30/h7-12,15-16H,3-6,13-14,17-18H2,1-2H3,(H,29,32)/b24-16-. The molecule has 0 unspecified atom stereocenters. The van der Waals surface area contributed by atoms with Gasteiger partial charge in [0.15, 0.2) is 18.1 Å². The minimum absolute atomic E-state index is 0.210. The third-order valence-electron chi connectivity index (χ3n) is 6.37. The van der Waals surface area contributed by atoms with Crippen LogP contribution in [-0.4, -0.2) is 66.1 Å². The summed E-state index contributed by atoms with van der Waals surface area (Å²) < 4.78 is 11.1. The summed E-state index contributed by atoms with van der Waals surface area (Å²) in [6, 6.07) is 12.6. The van der Waals surface area contributed by atoms with Crippen LogP contribution in [0.15, 0.2) is 47.4 Å². The number of anilines is 1. The van der Waals surface area contributed by atoms with Crippen LogP contribution < -0.4 is 14.8 Å². The number of hydrogen-bond donors (Lipinski definition) is 1. The van der Waals surface area contributed by atoms with Crippen molar-refractivity contribution in [1.29, 1.82) is 0 Å². The number of benzene rings is 2. The van der Waals surface area contributed by atoms with Gasteiger partial charge in [0, 0.05) is 18.8 Å². The van der Waals surface area contributed by atoms with Gasteiger partial charge in [-0.1, -0.05) is 25.1 Å². The molecule has 2 aliphatic heterocycles. The van der Waals surface area contributed by atoms with E-state index in [1.165, 1.54) is 12.7 Å². The minimum atomic E-state index is -0.492. The van der Waals surface area contributed by atoms with E-state index in [0.717, 1.165) is 42.3 Å². The number of rotatable bonds is 9. The molecular weight excluding hydrogens is 506 g/mol. The molecule has 2 fully saturated rings. The highest BCUT2D eigenvalue weighted by molar-refractivity contribution is 8.18. The molecule has 4 rings (SSSR count). The van der Waals surface area contributed by atoms with E-state index in [0.29, 0.717) is 35.8 Å². The van der Waals surface area contributed by atoms with Crippen LogP contribution in [0.2, 0.25) is 0 Å². The first kappa shape index (κ1) is 27.3. The summed E-state index contributed by atoms with van der Waals surface area (Å²) in [5.41, 5.74) is 2.48. The Bertz CT molecular complexity index is 1240. The summed E-state index contributed by atoms with van der Waals surface area (Å²) in [5, 5.41) is 2.33. The number of ether oxygens (including phenoxy) is 2. The summed E-state index contributed by atoms with van der Waals surface area (Å²) in [6.45, 7) is 2.92. The van der Waals surface area contributed by atoms with E-state index < -0.39 is 11.1 Å². The first-order valence-electron chi connectivity index (χ1n) is 12.6. The average Bonchev–Trinajstić information content (AvgIpc) is 3.20. The normalized spacial score (nSPS) is 16.6. The van der Waals surface area contributed by atoms with E-state index in [1.807, 2.05) is 24.3 Å². The van der Waals surface area contributed by atoms with Gasteiger partial charge in [-0.2, -0.15) is 0 Å². The highest BCUT2D eigenvalue weighted by Crippen LogP contribution is 2.34. The second kappa shape index (κ2) is 12.6. The first-order valence-corrected chi connectivity index (χ1v) is 13.4. The number of thioether (sulfide) groups is 1. The van der Waals surface area contributed by atoms with Crippen molar-refractivity contribution in [2.45, 2.75) is 32.6 Å². The molecular formula is C28H31N3O6S. The molecule has 10 heteroatoms. The molecule has 0 aromatic heterocycles. The smallest absolute Gasteiger partial charge is 0.294 e. The predicted molar refractivity (Wildman–Crippen MR) is 146 cm³/mol. The van der Waals surface area contributed by atoms with E-state index in [2.05, 4.69) is 12.2 Å². The van der Waals surface area contributed by atoms with Crippen molar-refractivity contribution >= 4 is 46.5 Å². The Kier molecular flexibility index (Phi) is 9.06. The van der Waals surface area contributed by atoms with E-state index in [1.54, 1.807) is 29.2 Å². The van der Waals surface area contributed by atoms with E-state index >= 15 is 0 Å². The Balaban J connectivity index is 1.37. The quantitative estimate of drug-likeness (QED) is 0.475. The Morgan fingerprint density at radius 2 is 1.76 bits per heavy atom. The fourth-order valence-corrected chi connectivity index (χ4v) is 5.06. The number of aryl methyl sites for hydroxylation is 1. The van der Waals surface area contributed by atoms with Gasteiger partial charge in [-0.15, -0.1) is 0 Å². The number of carbonyl (C=O) groups excluding carboxylic acids is 4. The fourth-order valence-electron chi connectivity index (χ4n) is 4.22. The second-order valence-electron chi connectivity index (χ2n) is 9.01. The summed E-state index contributed by atoms with van der Waals surface area (Å²) in [4.78, 5) is 53.2. The van der Waals surface area contributed by atoms with Crippen LogP contribution in [-0.2, 0) is 20.8 Å². The maximum atomic E-state index is 12.9. The SMILES string of the molecule is CCc1ccc(NC(=O)COc2ccc(/C=C3\SC(=O)N(CC(=O)N4CCCCC4)C3=O)cc2OC)cc1. The maximum Gasteiger partial charge on any atom is 0.294 e. The number of likely N-dealkylation sites (tertiary alicyclic amines) is 1. The van der Waals surface area contributed by atoms with Gasteiger partial charge in [-0.3, -0.25) is 24.1 Å². The van der Waals surface area contributed by atoms with Crippen LogP contribution >= 0.6 is 11.8 Å². The zero-order valence-corrected chi connectivity index (χ0v) is 22.3. The Labute approximate surface area is 226 Å². The Morgan fingerprint density at radius 3 is 2.45 bits per heavy atom. The molecule has 2 aromatic carbocycles. The molecule has 4 amide bonds. The topological polar surface area (TPSA) is 105 Å². The van der Waals surface area contributed by atoms with Crippen molar-refractivity contribution in [3.05, 3.63) is 58.5 Å². The lowest BCUT2D eigenvalue weighted by Crippen LogP contribution is -2.44. The minimum Gasteiger partial charge on any atom is -0.493 e. The number of imide groups is 1. The van der Waals surface area contributed by atoms with Crippen LogP contribution in [0, 0.1) is 0 Å². The second-order valence-corrected chi connectivity index (χ2v) is 10.0. The Morgan fingerprint density at radius 1 is 1.03 bits per heavy atom. The molecule has 2 saturated heterocycles. The lowest BCUT2D eigenvalue weighted by Gasteiger charge is -2.27. The zero-order chi connectivity index (χ0) is 27.1. The highest BCUT2D eigenvalue weighted by Gasteiger charge is 2.37. The van der Waals surface area contributed by atoms with Crippen LogP contribution in [0.4, 0.5) is 10.5 Å². The van der Waals surface area contributed by atoms with Gasteiger partial charge in [0.05, 0.1) is 12.0 Å². The van der Waals surface area contributed by atoms with Gasteiger partial charge in [-0.25, -0.2) is 0 Å². The van der Waals surface area contributed by atoms with Crippen molar-refractivity contribution in [2.24, 2.45) is 0 Å². The van der Waals surface area contributed by atoms with Crippen molar-refractivity contribution < 1.29 is 28.7 Å². The van der Waals surface area contributed by atoms with Crippen molar-refractivity contribution in [2.75, 3.05) is 38.7 Å². The van der Waals surface area contributed by atoms with Crippen LogP contribution in [0.3, 0.4) is 0 Å². The van der Waals surface area contributed by atoms with Gasteiger partial charge >= 0.3 is 0 Å². The molecule has 0 aliphatic carbocycles. The van der Waals surface area contributed by atoms with Crippen molar-refractivity contribution in [1.82, 2.24) is 9.80 Å². The van der Waals surface area contributed by atoms with Crippen LogP contribution in [0.5, 0.6) is 11.5 Å². The third kappa shape index (κ3) is 6.74. The van der Waals surface area contributed by atoms with E-state index in [-0.39, 0.29) is 29.9 Å². The molecule has 200 valence electrons. The van der Waals surface area contributed by atoms with Crippen LogP contribution in [0.25, 0.3) is 6.08 Å². The molecule has 2 heterocycles. The summed E-state index contributed by atoms with van der Waals surface area (Å²) in [6.07, 6.45) is 5.46. The molecule has 0 atom stereocenters. The molecule has 2 aliphatic rings. The number of piperidine rings is 1. The summed E-state index contributed by atoms with van der Waals surface area (Å²) >= 11 is 0.803. The number of amides is 4. The van der Waals surface area contributed by atoms with Gasteiger partial charge in [0.1, 0.15) is 6.54 Å². The molecule has 0 bridgehead atoms. The van der Waals surface area contributed by atoms with Gasteiger partial charge in [-0.05, 0) is 78.9 Å². The monoisotopic (exact) mass is 537 g/mol. The largest absolute Gasteiger partial charge is 0.493 e. The fraction of sp³-hybridized carbons (Fsp3) is 0.357. The third-order valence-corrected chi connectivity index (χ3v) is 7.27. The van der Waals surface area contributed by atoms with Gasteiger partial charge in [0.2, 0.25) is 5.91 Å². The molecule has 9 nitrogen and oxygen atoms in total. The Hall–Kier alpha value is -3.79. The summed E-state index contributed by atoms with van der Waals surface area (Å²) in [5.74, 6) is -0.278. The number of carbonyl (C=O) groups is 4. The van der Waals surface area contributed by atoms with Crippen molar-refractivity contribution in [3.63, 3.8) is 0 Å². The van der Waals surface area contributed by atoms with Crippen molar-refractivity contribution in [3.8, 4) is 11.5 Å². The number of methoxy groups -OCH3 is 1. The van der Waals surface area contributed by atoms with Crippen LogP contribution in [0.1, 0.15) is 37.3 Å². The van der Waals surface area contributed by atoms with E-state index in [4.69, 9.17) is 9.47 Å². The molecule has 1 N–H and O–H groups in total. The highest BCUT2D eigenvalue weighted by atomic mass is 32.2. The molecule has 38 heavy (non-hydrogen) atoms. The van der Waals surface area contributed by atoms with Gasteiger partial charge < -0.3 is 19.7 Å². The molecule has 0 radical (unpaired) electrons.